The van der Waals surface area contributed by atoms with Gasteiger partial charge in [0.15, 0.2) is 5.41 Å². The molecule has 0 saturated heterocycles. The third-order valence-corrected chi connectivity index (χ3v) is 5.41. The molecule has 1 aromatic carbocycles. The van der Waals surface area contributed by atoms with E-state index in [0.29, 0.717) is 13.0 Å². The van der Waals surface area contributed by atoms with Crippen LogP contribution in [0.4, 0.5) is 5.69 Å². The Morgan fingerprint density at radius 2 is 1.93 bits per heavy atom. The molecule has 3 rings (SSSR count). The summed E-state index contributed by atoms with van der Waals surface area (Å²) in [6.45, 7) is 2.78. The molecule has 1 aliphatic carbocycles. The van der Waals surface area contributed by atoms with Gasteiger partial charge < -0.3 is 10.5 Å². The molecule has 6 nitrogen and oxygen atoms in total. The van der Waals surface area contributed by atoms with Gasteiger partial charge in [0.05, 0.1) is 18.7 Å². The van der Waals surface area contributed by atoms with Crippen LogP contribution < -0.4 is 15.4 Å². The van der Waals surface area contributed by atoms with Crippen LogP contribution in [0.2, 0.25) is 0 Å². The van der Waals surface area contributed by atoms with Gasteiger partial charge in [-0.15, -0.1) is 0 Å². The van der Waals surface area contributed by atoms with Crippen molar-refractivity contribution in [2.24, 2.45) is 17.1 Å². The Hall–Kier alpha value is -3.43. The van der Waals surface area contributed by atoms with Crippen LogP contribution in [0, 0.1) is 45.3 Å². The van der Waals surface area contributed by atoms with E-state index < -0.39 is 5.41 Å². The van der Waals surface area contributed by atoms with E-state index in [-0.39, 0.29) is 17.3 Å². The van der Waals surface area contributed by atoms with Crippen molar-refractivity contribution in [1.82, 2.24) is 0 Å². The highest BCUT2D eigenvalue weighted by Crippen LogP contribution is 2.51. The molecule has 0 fully saturated rings. The molecule has 2 aliphatic rings. The smallest absolute Gasteiger partial charge is 0.190 e. The molecule has 142 valence electrons. The predicted molar refractivity (Wildman–Crippen MR) is 105 cm³/mol. The van der Waals surface area contributed by atoms with Crippen LogP contribution >= 0.6 is 0 Å². The van der Waals surface area contributed by atoms with Gasteiger partial charge in [-0.2, -0.15) is 15.8 Å². The van der Waals surface area contributed by atoms with Gasteiger partial charge in [-0.05, 0) is 49.9 Å². The van der Waals surface area contributed by atoms with Gasteiger partial charge in [0.1, 0.15) is 23.2 Å². The highest BCUT2D eigenvalue weighted by molar-refractivity contribution is 5.67. The standard InChI is InChI=1S/C22H23N5O/c1-2-3-12-28-17-10-8-16(9-11-17)27-20-7-5-4-6-18(20)22(14-24,15-25)19(13-23)21(27)26/h7-11,18H,2-6,12,26H2,1H3. The Kier molecular flexibility index (Phi) is 5.57. The van der Waals surface area contributed by atoms with E-state index in [4.69, 9.17) is 10.5 Å². The van der Waals surface area contributed by atoms with Gasteiger partial charge in [-0.1, -0.05) is 19.4 Å². The Bertz CT molecular complexity index is 910. The van der Waals surface area contributed by atoms with Crippen molar-refractivity contribution in [3.8, 4) is 24.0 Å². The number of benzene rings is 1. The summed E-state index contributed by atoms with van der Waals surface area (Å²) in [7, 11) is 0. The highest BCUT2D eigenvalue weighted by Gasteiger charge is 2.52. The molecule has 0 aromatic heterocycles. The molecule has 1 atom stereocenters. The zero-order valence-electron chi connectivity index (χ0n) is 16.0. The summed E-state index contributed by atoms with van der Waals surface area (Å²) in [6.07, 6.45) is 6.48. The van der Waals surface area contributed by atoms with Crippen LogP contribution in [-0.2, 0) is 0 Å². The van der Waals surface area contributed by atoms with Crippen LogP contribution in [0.25, 0.3) is 0 Å². The number of fused-ring (bicyclic) bond motifs is 1. The van der Waals surface area contributed by atoms with Gasteiger partial charge in [0.25, 0.3) is 0 Å². The lowest BCUT2D eigenvalue weighted by Crippen LogP contribution is -2.47. The minimum atomic E-state index is -1.54. The van der Waals surface area contributed by atoms with Crippen LogP contribution in [0.15, 0.2) is 47.4 Å². The summed E-state index contributed by atoms with van der Waals surface area (Å²) in [5, 5.41) is 29.4. The van der Waals surface area contributed by atoms with Gasteiger partial charge >= 0.3 is 0 Å². The van der Waals surface area contributed by atoms with Crippen LogP contribution in [-0.4, -0.2) is 6.61 Å². The van der Waals surface area contributed by atoms with Crippen molar-refractivity contribution in [2.75, 3.05) is 11.5 Å². The zero-order chi connectivity index (χ0) is 20.1. The first-order chi connectivity index (χ1) is 13.6. The number of rotatable bonds is 5. The molecule has 28 heavy (non-hydrogen) atoms. The number of nitrogens with two attached hydrogens (primary N) is 1. The largest absolute Gasteiger partial charge is 0.494 e. The number of nitriles is 3. The van der Waals surface area contributed by atoms with Crippen molar-refractivity contribution in [2.45, 2.75) is 39.0 Å². The summed E-state index contributed by atoms with van der Waals surface area (Å²) in [4.78, 5) is 1.81. The average molecular weight is 373 g/mol. The second-order valence-electron chi connectivity index (χ2n) is 7.05. The lowest BCUT2D eigenvalue weighted by atomic mass is 9.65. The molecule has 2 N–H and O–H groups in total. The van der Waals surface area contributed by atoms with Crippen LogP contribution in [0.5, 0.6) is 5.75 Å². The Morgan fingerprint density at radius 3 is 2.54 bits per heavy atom. The normalized spacial score (nSPS) is 20.3. The first-order valence-electron chi connectivity index (χ1n) is 9.58. The third-order valence-electron chi connectivity index (χ3n) is 5.41. The lowest BCUT2D eigenvalue weighted by Gasteiger charge is -2.44. The molecule has 1 unspecified atom stereocenters. The Morgan fingerprint density at radius 1 is 1.21 bits per heavy atom. The lowest BCUT2D eigenvalue weighted by molar-refractivity contribution is 0.309. The molecule has 1 heterocycles. The van der Waals surface area contributed by atoms with E-state index >= 15 is 0 Å². The predicted octanol–water partition coefficient (Wildman–Crippen LogP) is 4.10. The summed E-state index contributed by atoms with van der Waals surface area (Å²) in [6, 6.07) is 13.8. The van der Waals surface area contributed by atoms with Crippen molar-refractivity contribution in [1.29, 1.82) is 15.8 Å². The summed E-state index contributed by atoms with van der Waals surface area (Å²) < 4.78 is 5.72. The number of anilines is 1. The van der Waals surface area contributed by atoms with Crippen molar-refractivity contribution in [3.63, 3.8) is 0 Å². The van der Waals surface area contributed by atoms with Crippen molar-refractivity contribution >= 4 is 5.69 Å². The minimum Gasteiger partial charge on any atom is -0.494 e. The fourth-order valence-electron chi connectivity index (χ4n) is 3.93. The summed E-state index contributed by atoms with van der Waals surface area (Å²) >= 11 is 0. The molecule has 0 spiro atoms. The quantitative estimate of drug-likeness (QED) is 0.778. The van der Waals surface area contributed by atoms with E-state index in [9.17, 15) is 15.8 Å². The molecule has 0 radical (unpaired) electrons. The van der Waals surface area contributed by atoms with Crippen LogP contribution in [0.1, 0.15) is 39.0 Å². The molecule has 1 aromatic rings. The number of hydrogen-bond donors (Lipinski definition) is 1. The van der Waals surface area contributed by atoms with Crippen molar-refractivity contribution < 1.29 is 4.74 Å². The first kappa shape index (κ1) is 19.3. The second-order valence-corrected chi connectivity index (χ2v) is 7.05. The molecule has 1 aliphatic heterocycles. The molecule has 6 heteroatoms. The van der Waals surface area contributed by atoms with E-state index in [2.05, 4.69) is 19.1 Å². The summed E-state index contributed by atoms with van der Waals surface area (Å²) in [5.41, 5.74) is 6.45. The maximum Gasteiger partial charge on any atom is 0.190 e. The van der Waals surface area contributed by atoms with E-state index in [1.807, 2.05) is 41.3 Å². The molecule has 0 saturated carbocycles. The van der Waals surface area contributed by atoms with Gasteiger partial charge in [0.2, 0.25) is 0 Å². The van der Waals surface area contributed by atoms with E-state index in [1.54, 1.807) is 0 Å². The molecular weight excluding hydrogens is 350 g/mol. The molecular formula is C22H23N5O. The Labute approximate surface area is 165 Å². The zero-order valence-corrected chi connectivity index (χ0v) is 16.0. The minimum absolute atomic E-state index is 0.0322. The first-order valence-corrected chi connectivity index (χ1v) is 9.58. The topological polar surface area (TPSA) is 110 Å². The van der Waals surface area contributed by atoms with Crippen LogP contribution in [0.3, 0.4) is 0 Å². The number of nitrogens with zero attached hydrogens (tertiary/aromatic N) is 4. The number of unbranched alkanes of at least 4 members (excludes halogenated alkanes) is 1. The van der Waals surface area contributed by atoms with Gasteiger partial charge in [-0.25, -0.2) is 0 Å². The van der Waals surface area contributed by atoms with E-state index in [0.717, 1.165) is 42.8 Å². The number of hydrogen-bond acceptors (Lipinski definition) is 6. The SMILES string of the molecule is CCCCOc1ccc(N2C3=CCCCC3C(C#N)(C#N)C(C#N)=C2N)cc1. The maximum absolute atomic E-state index is 9.82. The highest BCUT2D eigenvalue weighted by atomic mass is 16.5. The van der Waals surface area contributed by atoms with Crippen molar-refractivity contribution in [3.05, 3.63) is 47.4 Å². The Balaban J connectivity index is 2.06. The average Bonchev–Trinajstić information content (AvgIpc) is 2.74. The van der Waals surface area contributed by atoms with E-state index in [1.165, 1.54) is 0 Å². The monoisotopic (exact) mass is 373 g/mol. The van der Waals surface area contributed by atoms with Gasteiger partial charge in [0, 0.05) is 17.3 Å². The molecule has 0 bridgehead atoms. The second kappa shape index (κ2) is 8.07. The number of ether oxygens (including phenoxy) is 1. The fraction of sp³-hybridized carbons (Fsp3) is 0.409. The fourth-order valence-corrected chi connectivity index (χ4v) is 3.93. The van der Waals surface area contributed by atoms with Gasteiger partial charge in [-0.3, -0.25) is 4.90 Å². The summed E-state index contributed by atoms with van der Waals surface area (Å²) in [5.74, 6) is 0.545. The third kappa shape index (κ3) is 3.06. The maximum atomic E-state index is 9.82. The number of allylic oxidation sites excluding steroid dienone is 3. The molecule has 0 amide bonds.